The van der Waals surface area contributed by atoms with Crippen molar-refractivity contribution in [1.29, 1.82) is 0 Å². The van der Waals surface area contributed by atoms with Crippen LogP contribution in [0.5, 0.6) is 0 Å². The van der Waals surface area contributed by atoms with Crippen molar-refractivity contribution in [1.82, 2.24) is 0 Å². The Morgan fingerprint density at radius 1 is 0.591 bits per heavy atom. The van der Waals surface area contributed by atoms with Crippen LogP contribution >= 0.6 is 0 Å². The number of hydrogen-bond donors (Lipinski definition) is 4. The van der Waals surface area contributed by atoms with Crippen molar-refractivity contribution in [2.75, 3.05) is 26.2 Å². The fourth-order valence-electron chi connectivity index (χ4n) is 1.81. The Morgan fingerprint density at radius 3 is 1.05 bits per heavy atom. The Balaban J connectivity index is -0.000000135. The van der Waals surface area contributed by atoms with E-state index in [4.69, 9.17) is 22.9 Å². The third-order valence-corrected chi connectivity index (χ3v) is 8.68. The Kier molecular flexibility index (Phi) is 28.3. The molecular formula is C12H34N4Na2O2Si2. The maximum Gasteiger partial charge on any atom is 1.00 e. The summed E-state index contributed by atoms with van der Waals surface area (Å²) in [6, 6.07) is 2.93. The van der Waals surface area contributed by atoms with Crippen LogP contribution in [0.3, 0.4) is 0 Å². The van der Waals surface area contributed by atoms with E-state index in [1.165, 1.54) is 0 Å². The van der Waals surface area contributed by atoms with E-state index in [9.17, 15) is 9.59 Å². The standard InChI is InChI=1S/2C6H17N2OSi.2Na/c2*1-10(9,6-4-8)5-2-3-7;;/h2*2-8H2,1H3;;/q2*-1;2*+1. The first kappa shape index (κ1) is 31.9. The van der Waals surface area contributed by atoms with E-state index in [0.717, 1.165) is 24.9 Å². The second kappa shape index (κ2) is 19.5. The Labute approximate surface area is 183 Å². The molecule has 124 valence electrons. The quantitative estimate of drug-likeness (QED) is 0.281. The van der Waals surface area contributed by atoms with Gasteiger partial charge in [0.05, 0.1) is 0 Å². The van der Waals surface area contributed by atoms with Gasteiger partial charge in [0, 0.05) is 0 Å². The van der Waals surface area contributed by atoms with Gasteiger partial charge >= 0.3 is 59.1 Å². The third kappa shape index (κ3) is 24.4. The molecule has 0 rings (SSSR count). The zero-order chi connectivity index (χ0) is 16.1. The van der Waals surface area contributed by atoms with Crippen LogP contribution in [0.1, 0.15) is 12.8 Å². The second-order valence-electron chi connectivity index (χ2n) is 5.76. The summed E-state index contributed by atoms with van der Waals surface area (Å²) in [5.74, 6) is 0. The SMILES string of the molecule is C[Si]([O-])(CCN)CCCN.C[Si]([O-])(CCN)CCCN.[Na+].[Na+]. The van der Waals surface area contributed by atoms with Crippen molar-refractivity contribution < 1.29 is 68.7 Å². The molecule has 0 bridgehead atoms. The molecule has 2 unspecified atom stereocenters. The van der Waals surface area contributed by atoms with Crippen LogP contribution in [-0.4, -0.2) is 42.8 Å². The first-order valence-corrected chi connectivity index (χ1v) is 13.1. The summed E-state index contributed by atoms with van der Waals surface area (Å²) in [4.78, 5) is 22.9. The van der Waals surface area contributed by atoms with Gasteiger partial charge in [-0.2, -0.15) is 0 Å². The molecule has 0 radical (unpaired) electrons. The summed E-state index contributed by atoms with van der Waals surface area (Å²) in [5.41, 5.74) is 21.1. The summed E-state index contributed by atoms with van der Waals surface area (Å²) in [7, 11) is -4.36. The van der Waals surface area contributed by atoms with E-state index in [1.807, 2.05) is 13.1 Å². The molecule has 0 aromatic heterocycles. The Bertz CT molecular complexity index is 207. The van der Waals surface area contributed by atoms with E-state index in [2.05, 4.69) is 0 Å². The Hall–Kier alpha value is 2.19. The van der Waals surface area contributed by atoms with Gasteiger partial charge in [0.25, 0.3) is 0 Å². The molecule has 0 aliphatic heterocycles. The van der Waals surface area contributed by atoms with Crippen molar-refractivity contribution in [2.24, 2.45) is 22.9 Å². The average molecular weight is 369 g/mol. The van der Waals surface area contributed by atoms with Crippen LogP contribution in [0.4, 0.5) is 0 Å². The Morgan fingerprint density at radius 2 is 0.864 bits per heavy atom. The molecule has 22 heavy (non-hydrogen) atoms. The van der Waals surface area contributed by atoms with Gasteiger partial charge in [-0.3, -0.25) is 0 Å². The summed E-state index contributed by atoms with van der Waals surface area (Å²) >= 11 is 0. The van der Waals surface area contributed by atoms with Crippen LogP contribution in [0, 0.1) is 0 Å². The second-order valence-corrected chi connectivity index (χ2v) is 13.6. The van der Waals surface area contributed by atoms with Gasteiger partial charge in [0.2, 0.25) is 0 Å². The summed E-state index contributed by atoms with van der Waals surface area (Å²) in [6.07, 6.45) is 1.73. The fourth-order valence-corrected chi connectivity index (χ4v) is 5.44. The van der Waals surface area contributed by atoms with E-state index in [0.29, 0.717) is 38.3 Å². The molecule has 6 nitrogen and oxygen atoms in total. The van der Waals surface area contributed by atoms with Crippen molar-refractivity contribution in [3.05, 3.63) is 0 Å². The van der Waals surface area contributed by atoms with Gasteiger partial charge in [-0.25, -0.2) is 0 Å². The molecule has 2 atom stereocenters. The average Bonchev–Trinajstić information content (AvgIpc) is 2.35. The number of rotatable bonds is 10. The van der Waals surface area contributed by atoms with Gasteiger partial charge in [-0.15, -0.1) is 0 Å². The molecule has 0 aliphatic carbocycles. The van der Waals surface area contributed by atoms with Crippen LogP contribution in [0.2, 0.25) is 37.3 Å². The van der Waals surface area contributed by atoms with E-state index < -0.39 is 16.6 Å². The molecule has 0 aliphatic rings. The van der Waals surface area contributed by atoms with E-state index in [-0.39, 0.29) is 59.1 Å². The molecule has 0 fully saturated rings. The first-order chi connectivity index (χ1) is 9.24. The van der Waals surface area contributed by atoms with Gasteiger partial charge in [0.15, 0.2) is 0 Å². The van der Waals surface area contributed by atoms with Gasteiger partial charge < -0.3 is 32.5 Å². The van der Waals surface area contributed by atoms with Gasteiger partial charge in [0.1, 0.15) is 0 Å². The predicted octanol–water partition coefficient (Wildman–Crippen LogP) is -7.53. The van der Waals surface area contributed by atoms with Crippen LogP contribution < -0.4 is 91.6 Å². The zero-order valence-corrected chi connectivity index (χ0v) is 21.2. The minimum absolute atomic E-state index is 0. The van der Waals surface area contributed by atoms with E-state index in [1.54, 1.807) is 0 Å². The largest absolute Gasteiger partial charge is 1.00 e. The normalized spacial score (nSPS) is 15.3. The fraction of sp³-hybridized carbons (Fsp3) is 1.00. The van der Waals surface area contributed by atoms with Crippen LogP contribution in [0.25, 0.3) is 0 Å². The molecule has 0 heterocycles. The first-order valence-electron chi connectivity index (χ1n) is 7.46. The number of nitrogens with two attached hydrogens (primary N) is 4. The maximum atomic E-state index is 11.5. The molecule has 0 spiro atoms. The molecule has 0 saturated carbocycles. The molecule has 8 N–H and O–H groups in total. The maximum absolute atomic E-state index is 11.5. The molecule has 10 heteroatoms. The molecule has 0 aromatic rings. The molecular weight excluding hydrogens is 334 g/mol. The topological polar surface area (TPSA) is 150 Å². The number of hydrogen-bond acceptors (Lipinski definition) is 6. The van der Waals surface area contributed by atoms with Crippen molar-refractivity contribution in [3.63, 3.8) is 0 Å². The minimum atomic E-state index is -2.18. The van der Waals surface area contributed by atoms with Crippen LogP contribution in [0.15, 0.2) is 0 Å². The van der Waals surface area contributed by atoms with Gasteiger partial charge in [-0.1, -0.05) is 37.3 Å². The molecule has 0 amide bonds. The van der Waals surface area contributed by atoms with Crippen molar-refractivity contribution in [2.45, 2.75) is 50.1 Å². The molecule has 0 aromatic carbocycles. The monoisotopic (exact) mass is 368 g/mol. The van der Waals surface area contributed by atoms with Gasteiger partial charge in [-0.05, 0) is 55.7 Å². The van der Waals surface area contributed by atoms with Crippen molar-refractivity contribution in [3.8, 4) is 0 Å². The zero-order valence-electron chi connectivity index (χ0n) is 15.2. The van der Waals surface area contributed by atoms with Crippen molar-refractivity contribution >= 4 is 16.6 Å². The minimum Gasteiger partial charge on any atom is -0.858 e. The van der Waals surface area contributed by atoms with E-state index >= 15 is 0 Å². The third-order valence-electron chi connectivity index (χ3n) is 3.17. The van der Waals surface area contributed by atoms with Crippen LogP contribution in [-0.2, 0) is 0 Å². The summed E-state index contributed by atoms with van der Waals surface area (Å²) in [5, 5.41) is 0. The smallest absolute Gasteiger partial charge is 0.858 e. The molecule has 0 saturated heterocycles. The summed E-state index contributed by atoms with van der Waals surface area (Å²) < 4.78 is 0. The summed E-state index contributed by atoms with van der Waals surface area (Å²) in [6.45, 7) is 6.00. The predicted molar refractivity (Wildman–Crippen MR) is 87.9 cm³/mol.